The monoisotopic (exact) mass is 371 g/mol. The van der Waals surface area contributed by atoms with Gasteiger partial charge in [-0.1, -0.05) is 30.3 Å². The average molecular weight is 372 g/mol. The molecular formula is C17H26ClN3O2S. The summed E-state index contributed by atoms with van der Waals surface area (Å²) in [6.07, 6.45) is 0.972. The molecule has 0 atom stereocenters. The Hall–Kier alpha value is -1.08. The molecule has 1 fully saturated rings. The number of hydrogen-bond acceptors (Lipinski definition) is 5. The van der Waals surface area contributed by atoms with Gasteiger partial charge in [-0.25, -0.2) is 0 Å². The van der Waals surface area contributed by atoms with Crippen LogP contribution in [0.25, 0.3) is 0 Å². The number of carbonyl (C=O) groups excluding carboxylic acids is 2. The second-order valence-corrected chi connectivity index (χ2v) is 6.56. The Bertz CT molecular complexity index is 496. The molecule has 24 heavy (non-hydrogen) atoms. The molecule has 0 bridgehead atoms. The molecule has 2 N–H and O–H groups in total. The molecule has 7 heteroatoms. The number of nitrogens with one attached hydrogen (secondary N) is 2. The number of rotatable bonds is 9. The first-order chi connectivity index (χ1) is 11.3. The smallest absolute Gasteiger partial charge is 0.230 e. The van der Waals surface area contributed by atoms with Gasteiger partial charge in [-0.3, -0.25) is 9.59 Å². The Morgan fingerprint density at radius 1 is 1.12 bits per heavy atom. The Morgan fingerprint density at radius 2 is 1.83 bits per heavy atom. The average Bonchev–Trinajstić information content (AvgIpc) is 2.60. The summed E-state index contributed by atoms with van der Waals surface area (Å²) < 4.78 is 0. The molecule has 1 aliphatic rings. The highest BCUT2D eigenvalue weighted by Gasteiger charge is 2.09. The number of piperazine rings is 1. The molecule has 0 spiro atoms. The number of Topliss-reactive ketones (excluding diaryl/α,β-unsaturated/α-hetero) is 1. The molecule has 1 amide bonds. The molecular weight excluding hydrogens is 346 g/mol. The van der Waals surface area contributed by atoms with E-state index in [1.165, 1.54) is 11.8 Å². The van der Waals surface area contributed by atoms with E-state index < -0.39 is 0 Å². The molecule has 5 nitrogen and oxygen atoms in total. The fourth-order valence-corrected chi connectivity index (χ4v) is 3.20. The van der Waals surface area contributed by atoms with Crippen molar-refractivity contribution in [2.45, 2.75) is 6.42 Å². The van der Waals surface area contributed by atoms with E-state index in [1.54, 1.807) is 12.1 Å². The second-order valence-electron chi connectivity index (χ2n) is 5.58. The van der Waals surface area contributed by atoms with Gasteiger partial charge in [0.2, 0.25) is 5.91 Å². The van der Waals surface area contributed by atoms with Crippen LogP contribution in [0.2, 0.25) is 0 Å². The van der Waals surface area contributed by atoms with Crippen molar-refractivity contribution in [2.24, 2.45) is 0 Å². The first-order valence-electron chi connectivity index (χ1n) is 8.11. The largest absolute Gasteiger partial charge is 0.355 e. The van der Waals surface area contributed by atoms with Gasteiger partial charge in [0.05, 0.1) is 11.5 Å². The number of amides is 1. The van der Waals surface area contributed by atoms with Gasteiger partial charge in [-0.2, -0.15) is 0 Å². The number of ketones is 1. The van der Waals surface area contributed by atoms with Crippen LogP contribution in [0.15, 0.2) is 30.3 Å². The lowest BCUT2D eigenvalue weighted by Gasteiger charge is -2.27. The highest BCUT2D eigenvalue weighted by molar-refractivity contribution is 8.00. The summed E-state index contributed by atoms with van der Waals surface area (Å²) in [5.74, 6) is 0.767. The van der Waals surface area contributed by atoms with Crippen molar-refractivity contribution in [1.29, 1.82) is 0 Å². The Balaban J connectivity index is 0.00000288. The van der Waals surface area contributed by atoms with E-state index in [0.717, 1.165) is 39.1 Å². The van der Waals surface area contributed by atoms with Crippen molar-refractivity contribution in [1.82, 2.24) is 15.5 Å². The molecule has 0 aromatic heterocycles. The molecule has 1 aromatic carbocycles. The second kappa shape index (κ2) is 12.3. The zero-order valence-corrected chi connectivity index (χ0v) is 15.5. The maximum atomic E-state index is 11.9. The van der Waals surface area contributed by atoms with Gasteiger partial charge >= 0.3 is 0 Å². The van der Waals surface area contributed by atoms with Crippen LogP contribution in [0.4, 0.5) is 0 Å². The standard InChI is InChI=1S/C17H25N3O2S.ClH/c21-16(15-5-2-1-3-6-15)13-23-14-17(22)19-7-4-10-20-11-8-18-9-12-20;/h1-3,5-6,18H,4,7-14H2,(H,19,22);1H. The molecule has 134 valence electrons. The molecule has 0 unspecified atom stereocenters. The fourth-order valence-electron chi connectivity index (χ4n) is 2.46. The van der Waals surface area contributed by atoms with Crippen molar-refractivity contribution in [3.8, 4) is 0 Å². The SMILES string of the molecule is Cl.O=C(CSCC(=O)c1ccccc1)NCCCN1CCNCC1. The van der Waals surface area contributed by atoms with Crippen molar-refractivity contribution in [3.63, 3.8) is 0 Å². The highest BCUT2D eigenvalue weighted by Crippen LogP contribution is 2.07. The van der Waals surface area contributed by atoms with Crippen molar-refractivity contribution < 1.29 is 9.59 Å². The summed E-state index contributed by atoms with van der Waals surface area (Å²) in [4.78, 5) is 26.1. The van der Waals surface area contributed by atoms with Gasteiger partial charge in [0.25, 0.3) is 0 Å². The van der Waals surface area contributed by atoms with E-state index in [-0.39, 0.29) is 24.1 Å². The number of benzene rings is 1. The van der Waals surface area contributed by atoms with Gasteiger partial charge in [-0.15, -0.1) is 24.2 Å². The summed E-state index contributed by atoms with van der Waals surface area (Å²) in [6, 6.07) is 9.20. The third kappa shape index (κ3) is 8.15. The van der Waals surface area contributed by atoms with Gasteiger partial charge in [0.1, 0.15) is 0 Å². The fraction of sp³-hybridized carbons (Fsp3) is 0.529. The number of halogens is 1. The first kappa shape index (κ1) is 21.0. The lowest BCUT2D eigenvalue weighted by Crippen LogP contribution is -2.44. The maximum absolute atomic E-state index is 11.9. The van der Waals surface area contributed by atoms with Gasteiger partial charge in [0, 0.05) is 38.3 Å². The highest BCUT2D eigenvalue weighted by atomic mass is 35.5. The molecule has 1 aromatic rings. The third-order valence-corrected chi connectivity index (χ3v) is 4.68. The van der Waals surface area contributed by atoms with Gasteiger partial charge in [0.15, 0.2) is 5.78 Å². The minimum atomic E-state index is 0. The van der Waals surface area contributed by atoms with E-state index in [4.69, 9.17) is 0 Å². The molecule has 1 heterocycles. The molecule has 1 aliphatic heterocycles. The summed E-state index contributed by atoms with van der Waals surface area (Å²) in [5, 5.41) is 6.25. The molecule has 0 radical (unpaired) electrons. The van der Waals surface area contributed by atoms with E-state index >= 15 is 0 Å². The van der Waals surface area contributed by atoms with Crippen LogP contribution in [-0.4, -0.2) is 67.4 Å². The number of hydrogen-bond donors (Lipinski definition) is 2. The Labute approximate surface area is 154 Å². The minimum Gasteiger partial charge on any atom is -0.355 e. The maximum Gasteiger partial charge on any atom is 0.230 e. The lowest BCUT2D eigenvalue weighted by atomic mass is 10.2. The predicted octanol–water partition coefficient (Wildman–Crippen LogP) is 1.44. The van der Waals surface area contributed by atoms with Crippen LogP contribution in [0, 0.1) is 0 Å². The molecule has 1 saturated heterocycles. The van der Waals surface area contributed by atoms with Crippen molar-refractivity contribution in [3.05, 3.63) is 35.9 Å². The summed E-state index contributed by atoms with van der Waals surface area (Å²) >= 11 is 1.37. The Kier molecular flexibility index (Phi) is 10.7. The van der Waals surface area contributed by atoms with Gasteiger partial charge in [-0.05, 0) is 13.0 Å². The van der Waals surface area contributed by atoms with Crippen LogP contribution in [-0.2, 0) is 4.79 Å². The molecule has 2 rings (SSSR count). The van der Waals surface area contributed by atoms with Crippen LogP contribution in [0.5, 0.6) is 0 Å². The normalized spacial score (nSPS) is 14.7. The predicted molar refractivity (Wildman–Crippen MR) is 102 cm³/mol. The zero-order chi connectivity index (χ0) is 16.3. The number of thioether (sulfide) groups is 1. The van der Waals surface area contributed by atoms with Gasteiger partial charge < -0.3 is 15.5 Å². The van der Waals surface area contributed by atoms with Crippen LogP contribution in [0.3, 0.4) is 0 Å². The topological polar surface area (TPSA) is 61.4 Å². The van der Waals surface area contributed by atoms with Crippen LogP contribution >= 0.6 is 24.2 Å². The zero-order valence-electron chi connectivity index (χ0n) is 13.8. The van der Waals surface area contributed by atoms with E-state index in [9.17, 15) is 9.59 Å². The lowest BCUT2D eigenvalue weighted by molar-refractivity contribution is -0.118. The van der Waals surface area contributed by atoms with Crippen molar-refractivity contribution in [2.75, 3.05) is 50.8 Å². The third-order valence-electron chi connectivity index (χ3n) is 3.74. The van der Waals surface area contributed by atoms with Crippen molar-refractivity contribution >= 4 is 35.9 Å². The minimum absolute atomic E-state index is 0. The van der Waals surface area contributed by atoms with E-state index in [0.29, 0.717) is 23.6 Å². The van der Waals surface area contributed by atoms with E-state index in [2.05, 4.69) is 15.5 Å². The Morgan fingerprint density at radius 3 is 2.54 bits per heavy atom. The summed E-state index contributed by atoms with van der Waals surface area (Å²) in [7, 11) is 0. The summed E-state index contributed by atoms with van der Waals surface area (Å²) in [5.41, 5.74) is 0.705. The first-order valence-corrected chi connectivity index (χ1v) is 9.27. The van der Waals surface area contributed by atoms with E-state index in [1.807, 2.05) is 18.2 Å². The number of carbonyl (C=O) groups is 2. The number of nitrogens with zero attached hydrogens (tertiary/aromatic N) is 1. The molecule has 0 saturated carbocycles. The van der Waals surface area contributed by atoms with Crippen LogP contribution in [0.1, 0.15) is 16.8 Å². The molecule has 0 aliphatic carbocycles. The quantitative estimate of drug-likeness (QED) is 0.508. The van der Waals surface area contributed by atoms with Crippen LogP contribution < -0.4 is 10.6 Å². The summed E-state index contributed by atoms with van der Waals surface area (Å²) in [6.45, 7) is 6.02.